The van der Waals surface area contributed by atoms with Gasteiger partial charge < -0.3 is 4.90 Å². The van der Waals surface area contributed by atoms with E-state index in [1.54, 1.807) is 82.4 Å². The second-order valence-electron chi connectivity index (χ2n) is 16.3. The normalized spacial score (nSPS) is 27.3. The molecular weight excluding hydrogens is 692 g/mol. The predicted octanol–water partition coefficient (Wildman–Crippen LogP) is 12.9. The summed E-state index contributed by atoms with van der Waals surface area (Å²) >= 11 is 0. The van der Waals surface area contributed by atoms with Gasteiger partial charge in [0.1, 0.15) is 0 Å². The van der Waals surface area contributed by atoms with Crippen molar-refractivity contribution in [3.8, 4) is 0 Å². The number of benzene rings is 1. The van der Waals surface area contributed by atoms with E-state index in [2.05, 4.69) is 56.3 Å². The molecule has 0 N–H and O–H groups in total. The van der Waals surface area contributed by atoms with Crippen molar-refractivity contribution in [2.24, 2.45) is 5.92 Å². The molecule has 0 radical (unpaired) electrons. The van der Waals surface area contributed by atoms with E-state index in [9.17, 15) is 0 Å². The zero-order chi connectivity index (χ0) is 31.3. The Morgan fingerprint density at radius 2 is 0.872 bits per heavy atom. The summed E-state index contributed by atoms with van der Waals surface area (Å²) in [5, 5.41) is 1.69. The molecule has 6 fully saturated rings. The van der Waals surface area contributed by atoms with Gasteiger partial charge in [-0.05, 0) is 125 Å². The standard InChI is InChI=1S/C20H32NP.C17H31P.C5H10.2Fe/c1-16(21(2)3)19-14-9-15-20(19)22(18-12-7-8-13-18)17-10-5-4-6-11-17;1-3-9-15(10-4-1)18(17-13-7-8-14-17)16-11-5-2-6-12-16;1-2-4-5-3-1;;/h4-6,10-11,16,18-20H,7-9,12-15H2,1-3H3;15-17H,1-14H2;1-5H2;;/t16-,19?,20?,22?;;;;/m0..../s1. The maximum absolute atomic E-state index is 2.45. The van der Waals surface area contributed by atoms with Gasteiger partial charge in [0.15, 0.2) is 0 Å². The molecule has 0 aliphatic heterocycles. The monoisotopic (exact) mass is 765 g/mol. The summed E-state index contributed by atoms with van der Waals surface area (Å²) in [5.41, 5.74) is 5.54. The fraction of sp³-hybridized carbons (Fsp3) is 0.857. The van der Waals surface area contributed by atoms with Gasteiger partial charge >= 0.3 is 0 Å². The minimum Gasteiger partial charge on any atom is -0.306 e. The van der Waals surface area contributed by atoms with Crippen molar-refractivity contribution >= 4 is 21.1 Å². The van der Waals surface area contributed by atoms with Gasteiger partial charge in [0.25, 0.3) is 0 Å². The first kappa shape index (κ1) is 42.5. The van der Waals surface area contributed by atoms with Gasteiger partial charge in [-0.25, -0.2) is 0 Å². The van der Waals surface area contributed by atoms with E-state index < -0.39 is 0 Å². The van der Waals surface area contributed by atoms with E-state index >= 15 is 0 Å². The summed E-state index contributed by atoms with van der Waals surface area (Å²) in [4.78, 5) is 2.45. The number of rotatable bonds is 8. The first-order valence-corrected chi connectivity index (χ1v) is 23.4. The first-order valence-electron chi connectivity index (χ1n) is 20.4. The molecule has 6 aliphatic carbocycles. The summed E-state index contributed by atoms with van der Waals surface area (Å²) in [7, 11) is 4.95. The molecule has 1 nitrogen and oxygen atoms in total. The Morgan fingerprint density at radius 3 is 1.30 bits per heavy atom. The molecule has 1 aromatic carbocycles. The van der Waals surface area contributed by atoms with Crippen LogP contribution in [-0.4, -0.2) is 53.3 Å². The average Bonchev–Trinajstić information content (AvgIpc) is 3.93. The summed E-state index contributed by atoms with van der Waals surface area (Å²) in [6.07, 6.45) is 39.9. The van der Waals surface area contributed by atoms with Crippen LogP contribution in [0.5, 0.6) is 0 Å². The maximum Gasteiger partial charge on any atom is 0.00952 e. The second-order valence-corrected chi connectivity index (χ2v) is 22.1. The van der Waals surface area contributed by atoms with E-state index in [0.29, 0.717) is 7.92 Å². The molecule has 3 unspecified atom stereocenters. The van der Waals surface area contributed by atoms with Crippen molar-refractivity contribution < 1.29 is 34.1 Å². The van der Waals surface area contributed by atoms with Crippen molar-refractivity contribution in [1.29, 1.82) is 0 Å². The quantitative estimate of drug-likeness (QED) is 0.188. The van der Waals surface area contributed by atoms with Crippen molar-refractivity contribution in [1.82, 2.24) is 4.90 Å². The van der Waals surface area contributed by atoms with Crippen molar-refractivity contribution in [3.05, 3.63) is 30.3 Å². The van der Waals surface area contributed by atoms with Gasteiger partial charge in [-0.3, -0.25) is 0 Å². The van der Waals surface area contributed by atoms with Crippen molar-refractivity contribution in [2.45, 2.75) is 208 Å². The van der Waals surface area contributed by atoms with Crippen LogP contribution in [0, 0.1) is 5.92 Å². The Labute approximate surface area is 316 Å². The molecule has 1 aromatic rings. The van der Waals surface area contributed by atoms with Gasteiger partial charge in [-0.15, -0.1) is 0 Å². The van der Waals surface area contributed by atoms with Crippen LogP contribution in [0.3, 0.4) is 0 Å². The molecule has 5 heteroatoms. The summed E-state index contributed by atoms with van der Waals surface area (Å²) < 4.78 is 0. The molecule has 0 aromatic heterocycles. The Morgan fingerprint density at radius 1 is 0.489 bits per heavy atom. The van der Waals surface area contributed by atoms with Crippen LogP contribution in [0.25, 0.3) is 0 Å². The Hall–Kier alpha value is 1.08. The van der Waals surface area contributed by atoms with E-state index in [0.717, 1.165) is 23.3 Å². The summed E-state index contributed by atoms with van der Waals surface area (Å²) in [6.45, 7) is 2.45. The molecule has 272 valence electrons. The van der Waals surface area contributed by atoms with E-state index in [4.69, 9.17) is 0 Å². The minimum absolute atomic E-state index is 0. The van der Waals surface area contributed by atoms with Gasteiger partial charge in [0, 0.05) is 40.2 Å². The number of hydrogen-bond donors (Lipinski definition) is 0. The Balaban J connectivity index is 0.000000217. The first-order chi connectivity index (χ1) is 22.1. The molecule has 0 saturated heterocycles. The average molecular weight is 766 g/mol. The zero-order valence-electron chi connectivity index (χ0n) is 30.9. The molecular formula is C42H73Fe2NP2. The van der Waals surface area contributed by atoms with E-state index in [1.165, 1.54) is 107 Å². The van der Waals surface area contributed by atoms with Crippen LogP contribution in [0.1, 0.15) is 174 Å². The molecule has 0 heterocycles. The number of hydrogen-bond acceptors (Lipinski definition) is 1. The molecule has 47 heavy (non-hydrogen) atoms. The van der Waals surface area contributed by atoms with Gasteiger partial charge in [0.05, 0.1) is 0 Å². The Bertz CT molecular complexity index is 877. The van der Waals surface area contributed by atoms with Crippen LogP contribution < -0.4 is 5.30 Å². The smallest absolute Gasteiger partial charge is 0.00952 e. The van der Waals surface area contributed by atoms with E-state index in [1.807, 2.05) is 0 Å². The van der Waals surface area contributed by atoms with E-state index in [-0.39, 0.29) is 42.1 Å². The minimum atomic E-state index is 0. The zero-order valence-corrected chi connectivity index (χ0v) is 34.9. The molecule has 0 bridgehead atoms. The number of nitrogens with zero attached hydrogens (tertiary/aromatic N) is 1. The van der Waals surface area contributed by atoms with Crippen LogP contribution in [-0.2, 0) is 34.1 Å². The van der Waals surface area contributed by atoms with Crippen LogP contribution in [0.15, 0.2) is 30.3 Å². The van der Waals surface area contributed by atoms with Crippen LogP contribution in [0.2, 0.25) is 0 Å². The second kappa shape index (κ2) is 23.6. The largest absolute Gasteiger partial charge is 0.306 e. The van der Waals surface area contributed by atoms with Crippen LogP contribution in [0.4, 0.5) is 0 Å². The third kappa shape index (κ3) is 12.9. The Kier molecular flexibility index (Phi) is 21.3. The fourth-order valence-corrected chi connectivity index (χ4v) is 19.2. The fourth-order valence-electron chi connectivity index (χ4n) is 10.5. The molecule has 0 spiro atoms. The predicted molar refractivity (Wildman–Crippen MR) is 206 cm³/mol. The summed E-state index contributed by atoms with van der Waals surface area (Å²) in [6, 6.07) is 12.3. The van der Waals surface area contributed by atoms with Gasteiger partial charge in [-0.1, -0.05) is 149 Å². The maximum atomic E-state index is 2.45. The third-order valence-electron chi connectivity index (χ3n) is 13.1. The summed E-state index contributed by atoms with van der Waals surface area (Å²) in [5.74, 6) is 0.905. The third-order valence-corrected chi connectivity index (χ3v) is 20.7. The molecule has 7 rings (SSSR count). The topological polar surface area (TPSA) is 3.24 Å². The SMILES string of the molecule is C1CCC(P(C2CCCCC2)C2CCCC2)CC1.C1CCCC1.C[C@@H](C1CCCC1P(c1ccccc1)C1CCCC1)N(C)C.[Fe].[Fe]. The molecule has 6 aliphatic rings. The van der Waals surface area contributed by atoms with Crippen LogP contribution >= 0.6 is 15.8 Å². The van der Waals surface area contributed by atoms with Gasteiger partial charge in [-0.2, -0.15) is 0 Å². The van der Waals surface area contributed by atoms with Crippen molar-refractivity contribution in [3.63, 3.8) is 0 Å². The molecule has 4 atom stereocenters. The van der Waals surface area contributed by atoms with Gasteiger partial charge in [0.2, 0.25) is 0 Å². The molecule has 6 saturated carbocycles. The van der Waals surface area contributed by atoms with Crippen molar-refractivity contribution in [2.75, 3.05) is 14.1 Å². The molecule has 0 amide bonds.